The normalized spacial score (nSPS) is 12.2. The van der Waals surface area contributed by atoms with E-state index in [0.717, 1.165) is 38.5 Å². The largest absolute Gasteiger partial charge is 0.466 e. The zero-order valence-corrected chi connectivity index (χ0v) is 25.6. The molecule has 0 saturated carbocycles. The van der Waals surface area contributed by atoms with Gasteiger partial charge >= 0.3 is 5.97 Å². The van der Waals surface area contributed by atoms with Crippen LogP contribution in [0, 0.1) is 0 Å². The van der Waals surface area contributed by atoms with Crippen molar-refractivity contribution in [3.8, 4) is 0 Å². The van der Waals surface area contributed by atoms with Crippen molar-refractivity contribution in [2.45, 2.75) is 168 Å². The minimum absolute atomic E-state index is 0.00100. The van der Waals surface area contributed by atoms with E-state index in [2.05, 4.69) is 62.5 Å². The fraction of sp³-hybridized carbons (Fsp3) is 0.750. The van der Waals surface area contributed by atoms with Crippen LogP contribution in [0.25, 0.3) is 0 Å². The Hall–Kier alpha value is -1.57. The highest BCUT2D eigenvalue weighted by Gasteiger charge is 2.02. The van der Waals surface area contributed by atoms with Crippen LogP contribution in [0.3, 0.4) is 0 Å². The Morgan fingerprint density at radius 2 is 0.895 bits per heavy atom. The van der Waals surface area contributed by atoms with Gasteiger partial charge in [-0.05, 0) is 70.6 Å². The summed E-state index contributed by atoms with van der Waals surface area (Å²) in [5.41, 5.74) is 0. The van der Waals surface area contributed by atoms with Crippen molar-refractivity contribution >= 4 is 5.97 Å². The van der Waals surface area contributed by atoms with Crippen molar-refractivity contribution in [2.24, 2.45) is 0 Å². The van der Waals surface area contributed by atoms with Crippen LogP contribution >= 0.6 is 0 Å². The molecule has 0 unspecified atom stereocenters. The molecule has 0 radical (unpaired) electrons. The zero-order chi connectivity index (χ0) is 27.6. The van der Waals surface area contributed by atoms with E-state index in [1.165, 1.54) is 109 Å². The fourth-order valence-electron chi connectivity index (χ4n) is 4.50. The van der Waals surface area contributed by atoms with Crippen LogP contribution in [0.5, 0.6) is 0 Å². The zero-order valence-electron chi connectivity index (χ0n) is 25.6. The molecule has 2 nitrogen and oxygen atoms in total. The van der Waals surface area contributed by atoms with Gasteiger partial charge in [0.05, 0.1) is 6.61 Å². The first kappa shape index (κ1) is 36.4. The minimum Gasteiger partial charge on any atom is -0.466 e. The Morgan fingerprint density at radius 1 is 0.474 bits per heavy atom. The van der Waals surface area contributed by atoms with Crippen LogP contribution in [0.4, 0.5) is 0 Å². The van der Waals surface area contributed by atoms with Crippen LogP contribution < -0.4 is 0 Å². The van der Waals surface area contributed by atoms with Gasteiger partial charge in [0.15, 0.2) is 0 Å². The molecule has 0 aromatic rings. The molecule has 0 aliphatic rings. The summed E-state index contributed by atoms with van der Waals surface area (Å²) < 4.78 is 5.41. The van der Waals surface area contributed by atoms with Crippen molar-refractivity contribution in [3.05, 3.63) is 48.6 Å². The predicted molar refractivity (Wildman–Crippen MR) is 170 cm³/mol. The molecule has 0 aliphatic heterocycles. The smallest absolute Gasteiger partial charge is 0.305 e. The summed E-state index contributed by atoms with van der Waals surface area (Å²) in [6.45, 7) is 5.05. The number of rotatable bonds is 29. The van der Waals surface area contributed by atoms with Gasteiger partial charge < -0.3 is 4.74 Å². The third-order valence-electron chi connectivity index (χ3n) is 6.95. The van der Waals surface area contributed by atoms with Crippen molar-refractivity contribution < 1.29 is 9.53 Å². The molecule has 0 atom stereocenters. The number of carbonyl (C=O) groups excluding carboxylic acids is 1. The van der Waals surface area contributed by atoms with Crippen LogP contribution in [-0.2, 0) is 9.53 Å². The molecule has 2 heteroatoms. The third kappa shape index (κ3) is 32.5. The first-order chi connectivity index (χ1) is 18.8. The van der Waals surface area contributed by atoms with Gasteiger partial charge in [0.1, 0.15) is 0 Å². The second-order valence-electron chi connectivity index (χ2n) is 10.8. The Morgan fingerprint density at radius 3 is 1.45 bits per heavy atom. The maximum atomic E-state index is 11.9. The van der Waals surface area contributed by atoms with Crippen LogP contribution in [-0.4, -0.2) is 12.6 Å². The third-order valence-corrected chi connectivity index (χ3v) is 6.95. The number of carbonyl (C=O) groups is 1. The topological polar surface area (TPSA) is 26.3 Å². The molecule has 0 saturated heterocycles. The standard InChI is InChI=1S/C36H64O2/c1-3-5-7-9-11-13-15-17-19-21-23-25-27-29-31-33-35-38-36(37)34-32-30-28-26-24-22-20-18-16-14-12-10-8-6-4-2/h6,8,12,14,17-20H,3-5,7,9-11,13,15-16,21-35H2,1-2H3/b8-6-,14-12-,19-17-,20-18-. The molecular formula is C36H64O2. The Balaban J connectivity index is 3.28. The van der Waals surface area contributed by atoms with Gasteiger partial charge in [-0.1, -0.05) is 140 Å². The van der Waals surface area contributed by atoms with E-state index in [-0.39, 0.29) is 5.97 Å². The molecular weight excluding hydrogens is 464 g/mol. The molecule has 0 bridgehead atoms. The predicted octanol–water partition coefficient (Wildman–Crippen LogP) is 12.2. The second-order valence-corrected chi connectivity index (χ2v) is 10.8. The number of ether oxygens (including phenoxy) is 1. The molecule has 0 heterocycles. The summed E-state index contributed by atoms with van der Waals surface area (Å²) in [5.74, 6) is -0.00100. The van der Waals surface area contributed by atoms with Gasteiger partial charge in [0, 0.05) is 6.42 Å². The number of hydrogen-bond acceptors (Lipinski definition) is 2. The molecule has 0 aromatic heterocycles. The van der Waals surface area contributed by atoms with E-state index in [1.807, 2.05) is 0 Å². The number of allylic oxidation sites excluding steroid dienone is 8. The van der Waals surface area contributed by atoms with Crippen LogP contribution in [0.2, 0.25) is 0 Å². The molecule has 0 spiro atoms. The second kappa shape index (κ2) is 33.5. The molecule has 220 valence electrons. The van der Waals surface area contributed by atoms with E-state index in [9.17, 15) is 4.79 Å². The summed E-state index contributed by atoms with van der Waals surface area (Å²) >= 11 is 0. The van der Waals surface area contributed by atoms with Crippen molar-refractivity contribution in [3.63, 3.8) is 0 Å². The SMILES string of the molecule is CC/C=C\C/C=C\C/C=C\CCCCCCCC(=O)OCCCCCCCC/C=C\CCCCCCCC. The van der Waals surface area contributed by atoms with Gasteiger partial charge in [0.25, 0.3) is 0 Å². The van der Waals surface area contributed by atoms with Crippen molar-refractivity contribution in [1.82, 2.24) is 0 Å². The van der Waals surface area contributed by atoms with E-state index in [1.54, 1.807) is 0 Å². The lowest BCUT2D eigenvalue weighted by atomic mass is 10.1. The van der Waals surface area contributed by atoms with Crippen LogP contribution in [0.15, 0.2) is 48.6 Å². The lowest BCUT2D eigenvalue weighted by Gasteiger charge is -2.05. The molecule has 0 rings (SSSR count). The molecule has 0 amide bonds. The lowest BCUT2D eigenvalue weighted by Crippen LogP contribution is -2.05. The van der Waals surface area contributed by atoms with Gasteiger partial charge in [0.2, 0.25) is 0 Å². The Bertz CT molecular complexity index is 584. The summed E-state index contributed by atoms with van der Waals surface area (Å²) in [6, 6.07) is 0. The van der Waals surface area contributed by atoms with E-state index >= 15 is 0 Å². The molecule has 0 aliphatic carbocycles. The van der Waals surface area contributed by atoms with E-state index < -0.39 is 0 Å². The maximum Gasteiger partial charge on any atom is 0.305 e. The molecule has 0 aromatic carbocycles. The summed E-state index contributed by atoms with van der Waals surface area (Å²) in [4.78, 5) is 11.9. The highest BCUT2D eigenvalue weighted by molar-refractivity contribution is 5.69. The minimum atomic E-state index is -0.00100. The monoisotopic (exact) mass is 528 g/mol. The lowest BCUT2D eigenvalue weighted by molar-refractivity contribution is -0.143. The number of unbranched alkanes of at least 4 members (excludes halogenated alkanes) is 17. The first-order valence-electron chi connectivity index (χ1n) is 16.6. The summed E-state index contributed by atoms with van der Waals surface area (Å²) in [5, 5.41) is 0. The molecule has 0 N–H and O–H groups in total. The first-order valence-corrected chi connectivity index (χ1v) is 16.6. The van der Waals surface area contributed by atoms with Crippen LogP contribution in [0.1, 0.15) is 168 Å². The average molecular weight is 529 g/mol. The Labute approximate surface area is 238 Å². The van der Waals surface area contributed by atoms with Gasteiger partial charge in [-0.3, -0.25) is 4.79 Å². The summed E-state index contributed by atoms with van der Waals surface area (Å²) in [7, 11) is 0. The average Bonchev–Trinajstić information content (AvgIpc) is 2.92. The summed E-state index contributed by atoms with van der Waals surface area (Å²) in [6.07, 6.45) is 47.3. The molecule has 0 fully saturated rings. The number of esters is 1. The Kier molecular flexibility index (Phi) is 32.1. The number of hydrogen-bond donors (Lipinski definition) is 0. The quantitative estimate of drug-likeness (QED) is 0.0548. The van der Waals surface area contributed by atoms with Gasteiger partial charge in [-0.15, -0.1) is 0 Å². The molecule has 38 heavy (non-hydrogen) atoms. The van der Waals surface area contributed by atoms with Crippen molar-refractivity contribution in [1.29, 1.82) is 0 Å². The van der Waals surface area contributed by atoms with Crippen molar-refractivity contribution in [2.75, 3.05) is 6.61 Å². The highest BCUT2D eigenvalue weighted by Crippen LogP contribution is 2.11. The van der Waals surface area contributed by atoms with Gasteiger partial charge in [-0.2, -0.15) is 0 Å². The van der Waals surface area contributed by atoms with E-state index in [0.29, 0.717) is 13.0 Å². The maximum absolute atomic E-state index is 11.9. The van der Waals surface area contributed by atoms with Gasteiger partial charge in [-0.25, -0.2) is 0 Å². The highest BCUT2D eigenvalue weighted by atomic mass is 16.5. The van der Waals surface area contributed by atoms with E-state index in [4.69, 9.17) is 4.74 Å². The fourth-order valence-corrected chi connectivity index (χ4v) is 4.50.